The smallest absolute Gasteiger partial charge is 0.242 e. The van der Waals surface area contributed by atoms with Crippen molar-refractivity contribution < 1.29 is 17.9 Å². The summed E-state index contributed by atoms with van der Waals surface area (Å²) in [7, 11) is -2.59. The van der Waals surface area contributed by atoms with Crippen molar-refractivity contribution in [3.05, 3.63) is 88.4 Å². The van der Waals surface area contributed by atoms with E-state index in [0.29, 0.717) is 11.4 Å². The molecule has 3 aromatic rings. The van der Waals surface area contributed by atoms with Gasteiger partial charge in [-0.15, -0.1) is 0 Å². The number of benzene rings is 3. The number of rotatable bonds is 8. The third kappa shape index (κ3) is 5.68. The Morgan fingerprint density at radius 1 is 1.00 bits per heavy atom. The van der Waals surface area contributed by atoms with Gasteiger partial charge in [0.2, 0.25) is 15.9 Å². The van der Waals surface area contributed by atoms with Gasteiger partial charge in [0.05, 0.1) is 17.0 Å². The first-order chi connectivity index (χ1) is 15.2. The van der Waals surface area contributed by atoms with E-state index in [2.05, 4.69) is 10.0 Å². The summed E-state index contributed by atoms with van der Waals surface area (Å²) in [5, 5.41) is 3.05. The molecule has 0 saturated heterocycles. The first kappa shape index (κ1) is 23.8. The van der Waals surface area contributed by atoms with Gasteiger partial charge < -0.3 is 10.1 Å². The number of halogens is 1. The Morgan fingerprint density at radius 3 is 2.25 bits per heavy atom. The normalized spacial score (nSPS) is 12.2. The largest absolute Gasteiger partial charge is 0.495 e. The first-order valence-electron chi connectivity index (χ1n) is 9.98. The number of anilines is 1. The quantitative estimate of drug-likeness (QED) is 0.505. The molecule has 0 bridgehead atoms. The lowest BCUT2D eigenvalue weighted by atomic mass is 10.0. The van der Waals surface area contributed by atoms with Crippen LogP contribution < -0.4 is 14.8 Å². The van der Waals surface area contributed by atoms with Crippen LogP contribution >= 0.6 is 11.6 Å². The minimum absolute atomic E-state index is 0.0544. The predicted molar refractivity (Wildman–Crippen MR) is 127 cm³/mol. The van der Waals surface area contributed by atoms with E-state index in [1.165, 1.54) is 25.3 Å². The predicted octanol–water partition coefficient (Wildman–Crippen LogP) is 4.49. The Balaban J connectivity index is 1.92. The lowest BCUT2D eigenvalue weighted by molar-refractivity contribution is -0.117. The van der Waals surface area contributed by atoms with Crippen LogP contribution in [-0.2, 0) is 21.2 Å². The van der Waals surface area contributed by atoms with Gasteiger partial charge in [-0.3, -0.25) is 4.79 Å². The molecular weight excluding hydrogens is 448 g/mol. The highest BCUT2D eigenvalue weighted by Crippen LogP contribution is 2.27. The zero-order chi connectivity index (χ0) is 23.3. The molecule has 8 heteroatoms. The van der Waals surface area contributed by atoms with Gasteiger partial charge in [-0.1, -0.05) is 60.1 Å². The maximum Gasteiger partial charge on any atom is 0.242 e. The average molecular weight is 473 g/mol. The number of nitrogens with one attached hydrogen (secondary N) is 2. The van der Waals surface area contributed by atoms with Crippen molar-refractivity contribution in [1.82, 2.24) is 4.72 Å². The molecule has 32 heavy (non-hydrogen) atoms. The maximum atomic E-state index is 13.2. The number of amides is 1. The van der Waals surface area contributed by atoms with Crippen molar-refractivity contribution in [2.75, 3.05) is 12.4 Å². The fourth-order valence-electron chi connectivity index (χ4n) is 3.33. The highest BCUT2D eigenvalue weighted by atomic mass is 35.5. The van der Waals surface area contributed by atoms with E-state index >= 15 is 0 Å². The molecule has 0 saturated carbocycles. The van der Waals surface area contributed by atoms with Gasteiger partial charge in [0, 0.05) is 5.69 Å². The minimum atomic E-state index is -4.04. The van der Waals surface area contributed by atoms with Gasteiger partial charge in [-0.2, -0.15) is 4.72 Å². The summed E-state index contributed by atoms with van der Waals surface area (Å²) in [4.78, 5) is 13.2. The van der Waals surface area contributed by atoms with Crippen molar-refractivity contribution in [3.8, 4) is 5.75 Å². The Bertz CT molecular complexity index is 1190. The monoisotopic (exact) mass is 472 g/mol. The van der Waals surface area contributed by atoms with E-state index in [1.54, 1.807) is 0 Å². The highest BCUT2D eigenvalue weighted by Gasteiger charge is 2.27. The number of aryl methyl sites for hydroxylation is 2. The van der Waals surface area contributed by atoms with Crippen LogP contribution in [0.5, 0.6) is 5.75 Å². The van der Waals surface area contributed by atoms with Gasteiger partial charge >= 0.3 is 0 Å². The summed E-state index contributed by atoms with van der Waals surface area (Å²) < 4.78 is 33.8. The minimum Gasteiger partial charge on any atom is -0.495 e. The van der Waals surface area contributed by atoms with Crippen molar-refractivity contribution in [3.63, 3.8) is 0 Å². The molecule has 0 aliphatic rings. The molecule has 0 heterocycles. The zero-order valence-electron chi connectivity index (χ0n) is 18.1. The topological polar surface area (TPSA) is 84.5 Å². The fourth-order valence-corrected chi connectivity index (χ4v) is 4.87. The Kier molecular flexibility index (Phi) is 7.56. The summed E-state index contributed by atoms with van der Waals surface area (Å²) in [6.45, 7) is 3.77. The van der Waals surface area contributed by atoms with E-state index in [4.69, 9.17) is 16.3 Å². The number of ether oxygens (including phenoxy) is 1. The van der Waals surface area contributed by atoms with Crippen LogP contribution in [-0.4, -0.2) is 27.5 Å². The van der Waals surface area contributed by atoms with E-state index in [1.807, 2.05) is 62.4 Å². The van der Waals surface area contributed by atoms with Crippen LogP contribution in [0.15, 0.2) is 71.6 Å². The van der Waals surface area contributed by atoms with Crippen molar-refractivity contribution >= 4 is 33.2 Å². The van der Waals surface area contributed by atoms with Crippen LogP contribution in [0.1, 0.15) is 16.7 Å². The van der Waals surface area contributed by atoms with Crippen molar-refractivity contribution in [2.24, 2.45) is 0 Å². The number of hydrogen-bond acceptors (Lipinski definition) is 4. The number of carbonyl (C=O) groups is 1. The molecule has 0 aromatic heterocycles. The second-order valence-electron chi connectivity index (χ2n) is 7.42. The van der Waals surface area contributed by atoms with Crippen molar-refractivity contribution in [2.45, 2.75) is 31.2 Å². The Morgan fingerprint density at radius 2 is 1.66 bits per heavy atom. The molecular formula is C24H25ClN2O4S. The summed E-state index contributed by atoms with van der Waals surface area (Å²) >= 11 is 6.11. The highest BCUT2D eigenvalue weighted by molar-refractivity contribution is 7.89. The number of para-hydroxylation sites is 1. The van der Waals surface area contributed by atoms with Crippen LogP contribution in [0.4, 0.5) is 5.69 Å². The fraction of sp³-hybridized carbons (Fsp3) is 0.208. The number of sulfonamides is 1. The molecule has 2 N–H and O–H groups in total. The molecule has 3 aromatic carbocycles. The van der Waals surface area contributed by atoms with Gasteiger partial charge in [0.1, 0.15) is 11.8 Å². The molecule has 0 aliphatic carbocycles. The third-order valence-electron chi connectivity index (χ3n) is 5.06. The Hall–Kier alpha value is -2.87. The second-order valence-corrected chi connectivity index (χ2v) is 9.54. The van der Waals surface area contributed by atoms with Crippen LogP contribution in [0.25, 0.3) is 0 Å². The summed E-state index contributed by atoms with van der Waals surface area (Å²) in [5.74, 6) is -0.0892. The zero-order valence-corrected chi connectivity index (χ0v) is 19.6. The number of methoxy groups -OCH3 is 1. The molecule has 0 spiro atoms. The SMILES string of the molecule is COc1ccc(S(=O)(=O)N[C@H](Cc2ccccc2)C(=O)Nc2c(C)cccc2C)cc1Cl. The van der Waals surface area contributed by atoms with Crippen molar-refractivity contribution in [1.29, 1.82) is 0 Å². The molecule has 0 fully saturated rings. The van der Waals surface area contributed by atoms with Gasteiger partial charge in [0.25, 0.3) is 0 Å². The van der Waals surface area contributed by atoms with E-state index < -0.39 is 22.0 Å². The summed E-state index contributed by atoms with van der Waals surface area (Å²) in [6, 6.07) is 18.0. The number of carbonyl (C=O) groups excluding carboxylic acids is 1. The maximum absolute atomic E-state index is 13.2. The molecule has 3 rings (SSSR count). The second kappa shape index (κ2) is 10.2. The average Bonchev–Trinajstić information content (AvgIpc) is 2.76. The van der Waals surface area contributed by atoms with Crippen LogP contribution in [0.3, 0.4) is 0 Å². The lowest BCUT2D eigenvalue weighted by Gasteiger charge is -2.20. The molecule has 0 unspecified atom stereocenters. The molecule has 0 radical (unpaired) electrons. The summed E-state index contributed by atoms with van der Waals surface area (Å²) in [6.07, 6.45) is 0.181. The van der Waals surface area contributed by atoms with E-state index in [9.17, 15) is 13.2 Å². The standard InChI is InChI=1S/C24H25ClN2O4S/c1-16-8-7-9-17(2)23(16)26-24(28)21(14-18-10-5-4-6-11-18)27-32(29,30)19-12-13-22(31-3)20(25)15-19/h4-13,15,21,27H,14H2,1-3H3,(H,26,28)/t21-/m1/s1. The molecule has 0 aliphatic heterocycles. The first-order valence-corrected chi connectivity index (χ1v) is 11.8. The van der Waals surface area contributed by atoms with Gasteiger partial charge in [0.15, 0.2) is 0 Å². The third-order valence-corrected chi connectivity index (χ3v) is 6.82. The van der Waals surface area contributed by atoms with Gasteiger partial charge in [-0.05, 0) is 55.2 Å². The number of hydrogen-bond donors (Lipinski definition) is 2. The molecule has 6 nitrogen and oxygen atoms in total. The molecule has 1 atom stereocenters. The van der Waals surface area contributed by atoms with E-state index in [0.717, 1.165) is 16.7 Å². The van der Waals surface area contributed by atoms with Crippen LogP contribution in [0, 0.1) is 13.8 Å². The van der Waals surface area contributed by atoms with Crippen LogP contribution in [0.2, 0.25) is 5.02 Å². The van der Waals surface area contributed by atoms with E-state index in [-0.39, 0.29) is 16.3 Å². The Labute approximate surface area is 193 Å². The lowest BCUT2D eigenvalue weighted by Crippen LogP contribution is -2.45. The molecule has 1 amide bonds. The molecule has 168 valence electrons. The van der Waals surface area contributed by atoms with Gasteiger partial charge in [-0.25, -0.2) is 8.42 Å². The summed E-state index contributed by atoms with van der Waals surface area (Å²) in [5.41, 5.74) is 3.27.